The molecule has 2 amide bonds. The van der Waals surface area contributed by atoms with Crippen LogP contribution in [-0.4, -0.2) is 63.8 Å². The van der Waals surface area contributed by atoms with Crippen molar-refractivity contribution in [2.24, 2.45) is 5.73 Å². The second-order valence-electron chi connectivity index (χ2n) is 6.89. The Morgan fingerprint density at radius 1 is 1.26 bits per heavy atom. The van der Waals surface area contributed by atoms with Gasteiger partial charge in [-0.05, 0) is 26.0 Å². The van der Waals surface area contributed by atoms with Gasteiger partial charge in [0, 0.05) is 4.75 Å². The Bertz CT molecular complexity index is 807. The first kappa shape index (κ1) is 19.3. The third kappa shape index (κ3) is 2.71. The van der Waals surface area contributed by atoms with E-state index in [0.29, 0.717) is 0 Å². The molecule has 1 aromatic rings. The van der Waals surface area contributed by atoms with E-state index in [4.69, 9.17) is 15.2 Å². The number of nitrogens with two attached hydrogens (primary N) is 1. The summed E-state index contributed by atoms with van der Waals surface area (Å²) in [7, 11) is 2.82. The molecule has 0 saturated carbocycles. The lowest BCUT2D eigenvalue weighted by Gasteiger charge is -2.50. The quantitative estimate of drug-likeness (QED) is 0.477. The fourth-order valence-corrected chi connectivity index (χ4v) is 5.12. The number of carboxylic acid groups (broad SMARTS) is 1. The van der Waals surface area contributed by atoms with Gasteiger partial charge in [0.25, 0.3) is 11.8 Å². The first-order valence-electron chi connectivity index (χ1n) is 8.14. The van der Waals surface area contributed by atoms with E-state index in [2.05, 4.69) is 5.32 Å². The molecule has 2 fully saturated rings. The number of carbonyl (C=O) groups is 3. The van der Waals surface area contributed by atoms with Gasteiger partial charge in [-0.3, -0.25) is 15.3 Å². The molecule has 1 aromatic carbocycles. The van der Waals surface area contributed by atoms with Crippen LogP contribution in [0.15, 0.2) is 18.2 Å². The number of fused-ring (bicyclic) bond motifs is 1. The SMILES string of the molecule is COc1cccc(OC)c1C(=O)NC1(N)C(=O)N2[C@@H](C(=O)O)C(C)(C)S[C@@H]21. The summed E-state index contributed by atoms with van der Waals surface area (Å²) in [5.74, 6) is -1.86. The van der Waals surface area contributed by atoms with Gasteiger partial charge in [-0.1, -0.05) is 6.07 Å². The standard InChI is InChI=1S/C17H21N3O6S/c1-16(2)11(13(22)23)20-14(24)17(18,15(20)27-16)19-12(21)10-8(25-3)6-5-7-9(10)26-4/h5-7,11,15H,18H2,1-4H3,(H,19,21)(H,22,23)/t11-,15+,17?/m0/s1. The molecule has 3 atom stereocenters. The number of ether oxygens (including phenoxy) is 2. The number of methoxy groups -OCH3 is 2. The van der Waals surface area contributed by atoms with Crippen LogP contribution in [0.3, 0.4) is 0 Å². The maximum absolute atomic E-state index is 12.9. The molecule has 2 aliphatic rings. The number of benzene rings is 1. The van der Waals surface area contributed by atoms with Crippen molar-refractivity contribution in [3.63, 3.8) is 0 Å². The molecule has 9 nitrogen and oxygen atoms in total. The smallest absolute Gasteiger partial charge is 0.327 e. The number of hydrogen-bond acceptors (Lipinski definition) is 7. The highest BCUT2D eigenvalue weighted by molar-refractivity contribution is 8.01. The first-order valence-corrected chi connectivity index (χ1v) is 9.02. The predicted octanol–water partition coefficient (Wildman–Crippen LogP) is 0.236. The number of hydrogen-bond donors (Lipinski definition) is 3. The highest BCUT2D eigenvalue weighted by atomic mass is 32.2. The third-order valence-corrected chi connectivity index (χ3v) is 6.44. The minimum Gasteiger partial charge on any atom is -0.496 e. The number of β-lactam (4-membered cyclic amide) rings is 1. The summed E-state index contributed by atoms with van der Waals surface area (Å²) < 4.78 is 9.67. The van der Waals surface area contributed by atoms with Gasteiger partial charge in [0.05, 0.1) is 14.2 Å². The molecule has 0 spiro atoms. The van der Waals surface area contributed by atoms with Crippen LogP contribution >= 0.6 is 11.8 Å². The predicted molar refractivity (Wildman–Crippen MR) is 97.7 cm³/mol. The molecule has 0 bridgehead atoms. The topological polar surface area (TPSA) is 131 Å². The summed E-state index contributed by atoms with van der Waals surface area (Å²) in [5.41, 5.74) is 4.61. The average molecular weight is 395 g/mol. The van der Waals surface area contributed by atoms with Crippen LogP contribution in [0.4, 0.5) is 0 Å². The Kier molecular flexibility index (Phi) is 4.51. The number of nitrogens with zero attached hydrogens (tertiary/aromatic N) is 1. The number of rotatable bonds is 5. The van der Waals surface area contributed by atoms with Gasteiger partial charge in [0.15, 0.2) is 5.66 Å². The summed E-state index contributed by atoms with van der Waals surface area (Å²) in [4.78, 5) is 38.4. The minimum atomic E-state index is -1.71. The summed E-state index contributed by atoms with van der Waals surface area (Å²) in [6.07, 6.45) is 0. The highest BCUT2D eigenvalue weighted by Crippen LogP contribution is 2.53. The Balaban J connectivity index is 1.91. The maximum atomic E-state index is 12.9. The van der Waals surface area contributed by atoms with Crippen LogP contribution in [-0.2, 0) is 9.59 Å². The molecular formula is C17H21N3O6S. The molecule has 2 aliphatic heterocycles. The average Bonchev–Trinajstić information content (AvgIpc) is 2.90. The first-order chi connectivity index (χ1) is 12.6. The van der Waals surface area contributed by atoms with Gasteiger partial charge < -0.3 is 24.8 Å². The normalized spacial score (nSPS) is 28.2. The molecular weight excluding hydrogens is 374 g/mol. The Labute approximate surface area is 160 Å². The van der Waals surface area contributed by atoms with Crippen molar-refractivity contribution in [3.05, 3.63) is 23.8 Å². The number of aliphatic carboxylic acids is 1. The van der Waals surface area contributed by atoms with E-state index in [0.717, 1.165) is 0 Å². The third-order valence-electron chi connectivity index (χ3n) is 4.79. The fourth-order valence-electron chi connectivity index (χ4n) is 3.53. The molecule has 0 aliphatic carbocycles. The van der Waals surface area contributed by atoms with E-state index in [9.17, 15) is 19.5 Å². The van der Waals surface area contributed by atoms with Crippen molar-refractivity contribution >= 4 is 29.5 Å². The van der Waals surface area contributed by atoms with Gasteiger partial charge in [0.2, 0.25) is 0 Å². The zero-order valence-corrected chi connectivity index (χ0v) is 16.1. The van der Waals surface area contributed by atoms with Crippen LogP contribution in [0.2, 0.25) is 0 Å². The van der Waals surface area contributed by atoms with E-state index in [-0.39, 0.29) is 17.1 Å². The fraction of sp³-hybridized carbons (Fsp3) is 0.471. The number of nitrogens with one attached hydrogen (secondary N) is 1. The monoisotopic (exact) mass is 395 g/mol. The molecule has 27 heavy (non-hydrogen) atoms. The molecule has 1 unspecified atom stereocenters. The molecule has 0 radical (unpaired) electrons. The molecule has 4 N–H and O–H groups in total. The van der Waals surface area contributed by atoms with E-state index < -0.39 is 39.6 Å². The second-order valence-corrected chi connectivity index (χ2v) is 8.62. The Hall–Kier alpha value is -2.46. The maximum Gasteiger partial charge on any atom is 0.327 e. The minimum absolute atomic E-state index is 0.107. The van der Waals surface area contributed by atoms with Crippen LogP contribution < -0.4 is 20.5 Å². The highest BCUT2D eigenvalue weighted by Gasteiger charge is 2.71. The number of carbonyl (C=O) groups excluding carboxylic acids is 2. The summed E-state index contributed by atoms with van der Waals surface area (Å²) in [6, 6.07) is 3.82. The molecule has 0 aromatic heterocycles. The van der Waals surface area contributed by atoms with E-state index in [1.165, 1.54) is 30.9 Å². The molecule has 2 saturated heterocycles. The van der Waals surface area contributed by atoms with Crippen LogP contribution in [0.5, 0.6) is 11.5 Å². The van der Waals surface area contributed by atoms with Crippen LogP contribution in [0, 0.1) is 0 Å². The summed E-state index contributed by atoms with van der Waals surface area (Å²) >= 11 is 1.24. The van der Waals surface area contributed by atoms with Crippen LogP contribution in [0.1, 0.15) is 24.2 Å². The Morgan fingerprint density at radius 3 is 2.30 bits per heavy atom. The number of thioether (sulfide) groups is 1. The van der Waals surface area contributed by atoms with Crippen molar-refractivity contribution in [2.45, 2.75) is 35.7 Å². The number of carboxylic acids is 1. The molecule has 3 rings (SSSR count). The van der Waals surface area contributed by atoms with Gasteiger partial charge in [0.1, 0.15) is 28.5 Å². The molecule has 2 heterocycles. The lowest BCUT2D eigenvalue weighted by atomic mass is 9.92. The van der Waals surface area contributed by atoms with Crippen molar-refractivity contribution in [1.29, 1.82) is 0 Å². The zero-order chi connectivity index (χ0) is 20.1. The molecule has 146 valence electrons. The Morgan fingerprint density at radius 2 is 1.81 bits per heavy atom. The lowest BCUT2D eigenvalue weighted by molar-refractivity contribution is -0.166. The summed E-state index contributed by atoms with van der Waals surface area (Å²) in [5, 5.41) is 11.3. The second kappa shape index (κ2) is 6.31. The van der Waals surface area contributed by atoms with Crippen molar-refractivity contribution in [3.8, 4) is 11.5 Å². The van der Waals surface area contributed by atoms with E-state index in [1.54, 1.807) is 32.0 Å². The largest absolute Gasteiger partial charge is 0.496 e. The van der Waals surface area contributed by atoms with E-state index >= 15 is 0 Å². The lowest BCUT2D eigenvalue weighted by Crippen LogP contribution is -2.83. The van der Waals surface area contributed by atoms with Crippen molar-refractivity contribution in [1.82, 2.24) is 10.2 Å². The van der Waals surface area contributed by atoms with Gasteiger partial charge >= 0.3 is 5.97 Å². The van der Waals surface area contributed by atoms with Gasteiger partial charge in [-0.2, -0.15) is 0 Å². The number of amides is 2. The van der Waals surface area contributed by atoms with E-state index in [1.807, 2.05) is 0 Å². The summed E-state index contributed by atoms with van der Waals surface area (Å²) in [6.45, 7) is 3.46. The van der Waals surface area contributed by atoms with Crippen molar-refractivity contribution in [2.75, 3.05) is 14.2 Å². The van der Waals surface area contributed by atoms with Crippen molar-refractivity contribution < 1.29 is 29.0 Å². The molecule has 10 heteroatoms. The van der Waals surface area contributed by atoms with Gasteiger partial charge in [-0.15, -0.1) is 11.8 Å². The zero-order valence-electron chi connectivity index (χ0n) is 15.3. The van der Waals surface area contributed by atoms with Gasteiger partial charge in [-0.25, -0.2) is 4.79 Å². The van der Waals surface area contributed by atoms with Crippen LogP contribution in [0.25, 0.3) is 0 Å².